The lowest BCUT2D eigenvalue weighted by Crippen LogP contribution is -2.26. The zero-order valence-electron chi connectivity index (χ0n) is 14.6. The monoisotopic (exact) mass is 344 g/mol. The van der Waals surface area contributed by atoms with Gasteiger partial charge in [-0.25, -0.2) is 0 Å². The Balaban J connectivity index is 1.64. The average Bonchev–Trinajstić information content (AvgIpc) is 2.72. The number of carbonyl (C=O) groups excluding carboxylic acids is 2. The largest absolute Gasteiger partial charge is 0.348 e. The number of benzene rings is 3. The molecule has 0 saturated heterocycles. The lowest BCUT2D eigenvalue weighted by atomic mass is 10.1. The minimum atomic E-state index is -0.163. The Kier molecular flexibility index (Phi) is 5.44. The van der Waals surface area contributed by atoms with Crippen molar-refractivity contribution in [2.45, 2.75) is 6.54 Å². The fraction of sp³-hybridized carbons (Fsp3) is 0.0909. The van der Waals surface area contributed by atoms with Crippen molar-refractivity contribution < 1.29 is 9.59 Å². The van der Waals surface area contributed by atoms with E-state index in [1.807, 2.05) is 60.7 Å². The number of anilines is 1. The lowest BCUT2D eigenvalue weighted by Gasteiger charge is -2.17. The Morgan fingerprint density at radius 3 is 1.92 bits per heavy atom. The van der Waals surface area contributed by atoms with Crippen LogP contribution < -0.4 is 10.2 Å². The highest BCUT2D eigenvalue weighted by Gasteiger charge is 2.14. The highest BCUT2D eigenvalue weighted by Crippen LogP contribution is 2.15. The predicted molar refractivity (Wildman–Crippen MR) is 103 cm³/mol. The third kappa shape index (κ3) is 4.16. The maximum absolute atomic E-state index is 12.6. The van der Waals surface area contributed by atoms with Gasteiger partial charge in [-0.05, 0) is 42.0 Å². The first-order chi connectivity index (χ1) is 12.6. The number of nitrogens with one attached hydrogen (secondary N) is 1. The molecule has 2 amide bonds. The van der Waals surface area contributed by atoms with E-state index >= 15 is 0 Å². The standard InChI is InChI=1S/C22H20N2O2/c1-24(20-10-6-3-7-11-20)22(26)19-14-12-18(13-15-19)21(25)23-16-17-8-4-2-5-9-17/h2-15H,16H2,1H3,(H,23,25). The maximum atomic E-state index is 12.6. The van der Waals surface area contributed by atoms with Crippen molar-refractivity contribution >= 4 is 17.5 Å². The van der Waals surface area contributed by atoms with Gasteiger partial charge in [0.1, 0.15) is 0 Å². The third-order valence-electron chi connectivity index (χ3n) is 4.14. The molecule has 0 spiro atoms. The molecule has 0 heterocycles. The quantitative estimate of drug-likeness (QED) is 0.763. The second-order valence-electron chi connectivity index (χ2n) is 5.95. The summed E-state index contributed by atoms with van der Waals surface area (Å²) in [7, 11) is 1.73. The Hall–Kier alpha value is -3.40. The van der Waals surface area contributed by atoms with Crippen LogP contribution in [-0.2, 0) is 6.54 Å². The zero-order chi connectivity index (χ0) is 18.4. The first-order valence-electron chi connectivity index (χ1n) is 8.40. The molecule has 0 radical (unpaired) electrons. The van der Waals surface area contributed by atoms with Gasteiger partial charge in [-0.2, -0.15) is 0 Å². The number of hydrogen-bond donors (Lipinski definition) is 1. The van der Waals surface area contributed by atoms with Crippen LogP contribution in [0.25, 0.3) is 0 Å². The van der Waals surface area contributed by atoms with Crippen LogP contribution >= 0.6 is 0 Å². The maximum Gasteiger partial charge on any atom is 0.258 e. The van der Waals surface area contributed by atoms with Gasteiger partial charge in [-0.1, -0.05) is 48.5 Å². The second kappa shape index (κ2) is 8.12. The third-order valence-corrected chi connectivity index (χ3v) is 4.14. The summed E-state index contributed by atoms with van der Waals surface area (Å²) in [6, 6.07) is 25.9. The van der Waals surface area contributed by atoms with Crippen LogP contribution in [0, 0.1) is 0 Å². The Morgan fingerprint density at radius 1 is 0.769 bits per heavy atom. The van der Waals surface area contributed by atoms with E-state index in [0.29, 0.717) is 17.7 Å². The van der Waals surface area contributed by atoms with Gasteiger partial charge in [0.15, 0.2) is 0 Å². The summed E-state index contributed by atoms with van der Waals surface area (Å²) < 4.78 is 0. The van der Waals surface area contributed by atoms with Gasteiger partial charge in [-0.15, -0.1) is 0 Å². The van der Waals surface area contributed by atoms with Crippen LogP contribution in [0.4, 0.5) is 5.69 Å². The number of carbonyl (C=O) groups is 2. The molecule has 0 saturated carbocycles. The molecule has 0 aliphatic heterocycles. The number of rotatable bonds is 5. The summed E-state index contributed by atoms with van der Waals surface area (Å²) in [6.07, 6.45) is 0. The van der Waals surface area contributed by atoms with Crippen LogP contribution in [0.5, 0.6) is 0 Å². The first-order valence-corrected chi connectivity index (χ1v) is 8.40. The van der Waals surface area contributed by atoms with Crippen molar-refractivity contribution in [3.05, 3.63) is 102 Å². The molecule has 0 aromatic heterocycles. The Morgan fingerprint density at radius 2 is 1.31 bits per heavy atom. The normalized spacial score (nSPS) is 10.2. The number of amides is 2. The zero-order valence-corrected chi connectivity index (χ0v) is 14.6. The van der Waals surface area contributed by atoms with Crippen molar-refractivity contribution in [1.82, 2.24) is 5.32 Å². The second-order valence-corrected chi connectivity index (χ2v) is 5.95. The van der Waals surface area contributed by atoms with Gasteiger partial charge in [0, 0.05) is 30.4 Å². The van der Waals surface area contributed by atoms with Gasteiger partial charge in [0.2, 0.25) is 0 Å². The minimum absolute atomic E-state index is 0.118. The molecule has 0 bridgehead atoms. The molecular weight excluding hydrogens is 324 g/mol. The molecule has 0 unspecified atom stereocenters. The van der Waals surface area contributed by atoms with Crippen LogP contribution in [0.3, 0.4) is 0 Å². The smallest absolute Gasteiger partial charge is 0.258 e. The van der Waals surface area contributed by atoms with E-state index in [9.17, 15) is 9.59 Å². The molecule has 4 nitrogen and oxygen atoms in total. The Labute approximate surface area is 153 Å². The summed E-state index contributed by atoms with van der Waals surface area (Å²) in [4.78, 5) is 26.4. The summed E-state index contributed by atoms with van der Waals surface area (Å²) >= 11 is 0. The van der Waals surface area contributed by atoms with Crippen molar-refractivity contribution in [3.8, 4) is 0 Å². The predicted octanol–water partition coefficient (Wildman–Crippen LogP) is 3.89. The molecule has 0 fully saturated rings. The molecule has 26 heavy (non-hydrogen) atoms. The van der Waals surface area contributed by atoms with Gasteiger partial charge in [0.05, 0.1) is 0 Å². The highest BCUT2D eigenvalue weighted by atomic mass is 16.2. The molecule has 130 valence electrons. The molecule has 0 aliphatic carbocycles. The van der Waals surface area contributed by atoms with Gasteiger partial charge in [-0.3, -0.25) is 9.59 Å². The van der Waals surface area contributed by atoms with Crippen LogP contribution in [0.1, 0.15) is 26.3 Å². The van der Waals surface area contributed by atoms with Crippen molar-refractivity contribution in [1.29, 1.82) is 0 Å². The molecule has 0 atom stereocenters. The number of hydrogen-bond acceptors (Lipinski definition) is 2. The molecule has 0 aliphatic rings. The first kappa shape index (κ1) is 17.4. The van der Waals surface area contributed by atoms with Gasteiger partial charge >= 0.3 is 0 Å². The summed E-state index contributed by atoms with van der Waals surface area (Å²) in [6.45, 7) is 0.469. The summed E-state index contributed by atoms with van der Waals surface area (Å²) in [5.41, 5.74) is 2.93. The van der Waals surface area contributed by atoms with E-state index in [-0.39, 0.29) is 11.8 Å². The van der Waals surface area contributed by atoms with E-state index < -0.39 is 0 Å². The number of nitrogens with zero attached hydrogens (tertiary/aromatic N) is 1. The van der Waals surface area contributed by atoms with E-state index in [0.717, 1.165) is 11.3 Å². The van der Waals surface area contributed by atoms with Crippen LogP contribution in [0.15, 0.2) is 84.9 Å². The van der Waals surface area contributed by atoms with Crippen molar-refractivity contribution in [2.75, 3.05) is 11.9 Å². The van der Waals surface area contributed by atoms with Gasteiger partial charge in [0.25, 0.3) is 11.8 Å². The topological polar surface area (TPSA) is 49.4 Å². The van der Waals surface area contributed by atoms with E-state index in [2.05, 4.69) is 5.32 Å². The molecular formula is C22H20N2O2. The van der Waals surface area contributed by atoms with Crippen LogP contribution in [-0.4, -0.2) is 18.9 Å². The fourth-order valence-corrected chi connectivity index (χ4v) is 2.61. The average molecular weight is 344 g/mol. The van der Waals surface area contributed by atoms with E-state index in [4.69, 9.17) is 0 Å². The van der Waals surface area contributed by atoms with Crippen LogP contribution in [0.2, 0.25) is 0 Å². The molecule has 4 heteroatoms. The van der Waals surface area contributed by atoms with Crippen molar-refractivity contribution in [3.63, 3.8) is 0 Å². The molecule has 3 rings (SSSR count). The fourth-order valence-electron chi connectivity index (χ4n) is 2.61. The molecule has 3 aromatic rings. The van der Waals surface area contributed by atoms with E-state index in [1.165, 1.54) is 0 Å². The summed E-state index contributed by atoms with van der Waals surface area (Å²) in [5.74, 6) is -0.281. The van der Waals surface area contributed by atoms with Gasteiger partial charge < -0.3 is 10.2 Å². The molecule has 1 N–H and O–H groups in total. The minimum Gasteiger partial charge on any atom is -0.348 e. The summed E-state index contributed by atoms with van der Waals surface area (Å²) in [5, 5.41) is 2.88. The van der Waals surface area contributed by atoms with Crippen molar-refractivity contribution in [2.24, 2.45) is 0 Å². The van der Waals surface area contributed by atoms with E-state index in [1.54, 1.807) is 36.2 Å². The highest BCUT2D eigenvalue weighted by molar-refractivity contribution is 6.06. The SMILES string of the molecule is CN(C(=O)c1ccc(C(=O)NCc2ccccc2)cc1)c1ccccc1. The number of para-hydroxylation sites is 1. The Bertz CT molecular complexity index is 875. The molecule has 3 aromatic carbocycles. The lowest BCUT2D eigenvalue weighted by molar-refractivity contribution is 0.0948.